The molecule has 0 aliphatic heterocycles. The second kappa shape index (κ2) is 4.00. The van der Waals surface area contributed by atoms with Gasteiger partial charge in [0, 0.05) is 0 Å². The van der Waals surface area contributed by atoms with E-state index in [1.807, 2.05) is 6.92 Å². The summed E-state index contributed by atoms with van der Waals surface area (Å²) in [6, 6.07) is 5.52. The number of hydrogen-bond donors (Lipinski definition) is 0. The molecule has 0 bridgehead atoms. The second-order valence-electron chi connectivity index (χ2n) is 3.63. The van der Waals surface area contributed by atoms with Gasteiger partial charge in [0.2, 0.25) is 0 Å². The second-order valence-corrected chi connectivity index (χ2v) is 5.86. The third-order valence-corrected chi connectivity index (χ3v) is 3.27. The Labute approximate surface area is 88.9 Å². The number of benzene rings is 1. The lowest BCUT2D eigenvalue weighted by molar-refractivity contribution is 0.625. The summed E-state index contributed by atoms with van der Waals surface area (Å²) in [5.74, 6) is 2.40. The standard InChI is InChI=1S/C11H15F3S/c1-3-4-6-10-7-5-8-11(9-10)15(2,12,13)14/h5,7-9H,2-4,6H2,1H3. The molecule has 4 heteroatoms. The highest BCUT2D eigenvalue weighted by Gasteiger charge is 2.29. The minimum atomic E-state index is -6.07. The average molecular weight is 236 g/mol. The molecule has 0 spiro atoms. The van der Waals surface area contributed by atoms with Crippen molar-refractivity contribution in [3.8, 4) is 0 Å². The van der Waals surface area contributed by atoms with Crippen LogP contribution < -0.4 is 0 Å². The Morgan fingerprint density at radius 2 is 1.93 bits per heavy atom. The van der Waals surface area contributed by atoms with E-state index in [1.54, 1.807) is 6.07 Å². The molecule has 1 rings (SSSR count). The lowest BCUT2D eigenvalue weighted by Gasteiger charge is -2.21. The average Bonchev–Trinajstić information content (AvgIpc) is 2.13. The van der Waals surface area contributed by atoms with E-state index in [-0.39, 0.29) is 0 Å². The van der Waals surface area contributed by atoms with Gasteiger partial charge in [-0.05, 0) is 36.4 Å². The van der Waals surface area contributed by atoms with E-state index < -0.39 is 14.8 Å². The first-order valence-electron chi connectivity index (χ1n) is 4.84. The third kappa shape index (κ3) is 3.70. The van der Waals surface area contributed by atoms with E-state index in [0.29, 0.717) is 6.42 Å². The topological polar surface area (TPSA) is 0 Å². The van der Waals surface area contributed by atoms with Crippen LogP contribution in [0, 0.1) is 0 Å². The zero-order chi connectivity index (χ0) is 11.6. The summed E-state index contributed by atoms with van der Waals surface area (Å²) < 4.78 is 38.9. The largest absolute Gasteiger partial charge is 0.158 e. The van der Waals surface area contributed by atoms with E-state index in [2.05, 4.69) is 5.87 Å². The SMILES string of the molecule is C=S(F)(F)(F)c1cccc(CCCC)c1. The van der Waals surface area contributed by atoms with Crippen molar-refractivity contribution in [1.82, 2.24) is 0 Å². The zero-order valence-electron chi connectivity index (χ0n) is 8.68. The highest BCUT2D eigenvalue weighted by molar-refractivity contribution is 8.34. The Morgan fingerprint density at radius 1 is 1.27 bits per heavy atom. The van der Waals surface area contributed by atoms with E-state index in [0.717, 1.165) is 24.5 Å². The summed E-state index contributed by atoms with van der Waals surface area (Å²) in [4.78, 5) is -0.569. The normalized spacial score (nSPS) is 14.5. The number of aryl methyl sites for hydroxylation is 1. The van der Waals surface area contributed by atoms with Gasteiger partial charge in [0.15, 0.2) is 9.91 Å². The maximum Gasteiger partial charge on any atom is 0.158 e. The molecule has 0 unspecified atom stereocenters. The molecule has 1 aromatic carbocycles. The molecule has 0 N–H and O–H groups in total. The Bertz CT molecular complexity index is 395. The molecule has 0 saturated carbocycles. The summed E-state index contributed by atoms with van der Waals surface area (Å²) in [6.07, 6.45) is 2.60. The van der Waals surface area contributed by atoms with Crippen molar-refractivity contribution >= 4 is 15.8 Å². The smallest absolute Gasteiger partial charge is 0.131 e. The fourth-order valence-corrected chi connectivity index (χ4v) is 2.01. The molecule has 0 atom stereocenters. The fraction of sp³-hybridized carbons (Fsp3) is 0.364. The van der Waals surface area contributed by atoms with Gasteiger partial charge in [-0.3, -0.25) is 0 Å². The molecule has 0 nitrogen and oxygen atoms in total. The summed E-state index contributed by atoms with van der Waals surface area (Å²) in [5, 5.41) is 0. The Morgan fingerprint density at radius 3 is 2.47 bits per heavy atom. The van der Waals surface area contributed by atoms with Crippen molar-refractivity contribution in [3.63, 3.8) is 0 Å². The molecular weight excluding hydrogens is 221 g/mol. The van der Waals surface area contributed by atoms with Crippen molar-refractivity contribution in [2.24, 2.45) is 0 Å². The van der Waals surface area contributed by atoms with Gasteiger partial charge < -0.3 is 0 Å². The van der Waals surface area contributed by atoms with Gasteiger partial charge in [0.1, 0.15) is 0 Å². The summed E-state index contributed by atoms with van der Waals surface area (Å²) >= 11 is 0. The predicted molar refractivity (Wildman–Crippen MR) is 61.4 cm³/mol. The van der Waals surface area contributed by atoms with Crippen molar-refractivity contribution in [1.29, 1.82) is 0 Å². The first kappa shape index (κ1) is 12.3. The van der Waals surface area contributed by atoms with Crippen LogP contribution in [0.2, 0.25) is 0 Å². The van der Waals surface area contributed by atoms with E-state index in [1.165, 1.54) is 12.1 Å². The van der Waals surface area contributed by atoms with Crippen LogP contribution in [-0.2, 0) is 6.42 Å². The van der Waals surface area contributed by atoms with Crippen LogP contribution in [0.3, 0.4) is 0 Å². The van der Waals surface area contributed by atoms with Crippen LogP contribution >= 0.6 is 9.91 Å². The first-order chi connectivity index (χ1) is 6.80. The first-order valence-corrected chi connectivity index (χ1v) is 6.75. The minimum Gasteiger partial charge on any atom is -0.131 e. The van der Waals surface area contributed by atoms with Crippen molar-refractivity contribution in [2.45, 2.75) is 31.1 Å². The summed E-state index contributed by atoms with van der Waals surface area (Å²) in [6.45, 7) is 2.02. The maximum atomic E-state index is 13.0. The summed E-state index contributed by atoms with van der Waals surface area (Å²) in [5.41, 5.74) is 0.744. The van der Waals surface area contributed by atoms with Gasteiger partial charge in [0.05, 0.1) is 4.90 Å². The number of unbranched alkanes of at least 4 members (excludes halogenated alkanes) is 1. The number of hydrogen-bond acceptors (Lipinski definition) is 0. The quantitative estimate of drug-likeness (QED) is 0.658. The van der Waals surface area contributed by atoms with Gasteiger partial charge in [-0.1, -0.05) is 25.5 Å². The van der Waals surface area contributed by atoms with Crippen molar-refractivity contribution < 1.29 is 11.7 Å². The van der Waals surface area contributed by atoms with Crippen molar-refractivity contribution in [2.75, 3.05) is 0 Å². The molecule has 86 valence electrons. The third-order valence-electron chi connectivity index (χ3n) is 2.15. The Kier molecular flexibility index (Phi) is 3.28. The fourth-order valence-electron chi connectivity index (χ4n) is 1.32. The molecule has 0 fully saturated rings. The number of halogens is 3. The minimum absolute atomic E-state index is 0.569. The van der Waals surface area contributed by atoms with Crippen LogP contribution in [-0.4, -0.2) is 5.87 Å². The van der Waals surface area contributed by atoms with Crippen LogP contribution in [0.4, 0.5) is 11.7 Å². The lowest BCUT2D eigenvalue weighted by Crippen LogP contribution is -1.91. The zero-order valence-corrected chi connectivity index (χ0v) is 9.50. The van der Waals surface area contributed by atoms with E-state index in [9.17, 15) is 11.7 Å². The monoisotopic (exact) mass is 236 g/mol. The Hall–Kier alpha value is -0.770. The van der Waals surface area contributed by atoms with Crippen molar-refractivity contribution in [3.05, 3.63) is 29.8 Å². The molecule has 1 aromatic rings. The molecule has 0 aliphatic rings. The van der Waals surface area contributed by atoms with Gasteiger partial charge in [-0.25, -0.2) is 0 Å². The summed E-state index contributed by atoms with van der Waals surface area (Å²) in [7, 11) is -6.07. The predicted octanol–water partition coefficient (Wildman–Crippen LogP) is 4.81. The molecule has 15 heavy (non-hydrogen) atoms. The van der Waals surface area contributed by atoms with Gasteiger partial charge in [-0.15, -0.1) is 11.7 Å². The van der Waals surface area contributed by atoms with Gasteiger partial charge in [-0.2, -0.15) is 0 Å². The highest BCUT2D eigenvalue weighted by Crippen LogP contribution is 2.68. The molecule has 0 amide bonds. The molecular formula is C11H15F3S. The molecule has 0 saturated heterocycles. The highest BCUT2D eigenvalue weighted by atomic mass is 32.4. The van der Waals surface area contributed by atoms with Gasteiger partial charge in [0.25, 0.3) is 0 Å². The van der Waals surface area contributed by atoms with Crippen LogP contribution in [0.5, 0.6) is 0 Å². The Balaban J connectivity index is 2.99. The van der Waals surface area contributed by atoms with Crippen LogP contribution in [0.25, 0.3) is 0 Å². The molecule has 0 radical (unpaired) electrons. The van der Waals surface area contributed by atoms with E-state index >= 15 is 0 Å². The maximum absolute atomic E-state index is 13.0. The van der Waals surface area contributed by atoms with Crippen LogP contribution in [0.1, 0.15) is 25.3 Å². The lowest BCUT2D eigenvalue weighted by atomic mass is 10.1. The number of rotatable bonds is 4. The molecule has 0 aromatic heterocycles. The molecule has 0 aliphatic carbocycles. The van der Waals surface area contributed by atoms with E-state index in [4.69, 9.17) is 0 Å². The van der Waals surface area contributed by atoms with Crippen LogP contribution in [0.15, 0.2) is 29.2 Å². The molecule has 0 heterocycles. The van der Waals surface area contributed by atoms with Gasteiger partial charge >= 0.3 is 0 Å².